The fraction of sp³-hybridized carbons (Fsp3) is 0.344. The molecule has 0 spiro atoms. The van der Waals surface area contributed by atoms with Crippen LogP contribution in [0.3, 0.4) is 0 Å². The molecule has 2 nitrogen and oxygen atoms in total. The molecule has 0 saturated heterocycles. The molecular weight excluding hydrogens is 771 g/mol. The molecular formula is C61H55BN2. The third-order valence-electron chi connectivity index (χ3n) is 19.5. The summed E-state index contributed by atoms with van der Waals surface area (Å²) in [6, 6.07) is 53.2. The SMILES string of the molecule is Cc1cc2c3c(c1)-n1c4ccc(C56CCC7CC(CC7C5)C6)cc4c4cc(C56CC7CC(CC(C7)C5)C6)cc(c41)B3N(c1ccc(-c3ccccc3)cc1)c1cc3ccccc3cc1-2. The summed E-state index contributed by atoms with van der Waals surface area (Å²) in [4.78, 5) is 2.78. The number of hydrogen-bond donors (Lipinski definition) is 0. The number of anilines is 2. The fourth-order valence-corrected chi connectivity index (χ4v) is 17.4. The second kappa shape index (κ2) is 12.4. The molecule has 0 amide bonds. The summed E-state index contributed by atoms with van der Waals surface area (Å²) in [5, 5.41) is 5.63. The number of aromatic nitrogens is 1. The van der Waals surface area contributed by atoms with Crippen molar-refractivity contribution in [2.75, 3.05) is 4.81 Å². The minimum atomic E-state index is 0.0392. The van der Waals surface area contributed by atoms with Crippen LogP contribution in [0.4, 0.5) is 11.4 Å². The molecule has 17 rings (SSSR count). The molecule has 2 aliphatic heterocycles. The number of benzene rings is 7. The fourth-order valence-electron chi connectivity index (χ4n) is 17.4. The second-order valence-corrected chi connectivity index (χ2v) is 23.0. The Morgan fingerprint density at radius 3 is 2.02 bits per heavy atom. The molecule has 64 heavy (non-hydrogen) atoms. The van der Waals surface area contributed by atoms with E-state index < -0.39 is 0 Å². The van der Waals surface area contributed by atoms with Gasteiger partial charge in [0.1, 0.15) is 0 Å². The maximum atomic E-state index is 2.80. The van der Waals surface area contributed by atoms with Gasteiger partial charge in [0, 0.05) is 33.4 Å². The van der Waals surface area contributed by atoms with E-state index in [0.29, 0.717) is 5.41 Å². The maximum Gasteiger partial charge on any atom is 0.333 e. The average Bonchev–Trinajstić information content (AvgIpc) is 3.75. The van der Waals surface area contributed by atoms with Gasteiger partial charge in [0.15, 0.2) is 0 Å². The molecule has 9 aliphatic rings. The highest BCUT2D eigenvalue weighted by molar-refractivity contribution is 6.93. The first kappa shape index (κ1) is 35.8. The molecule has 312 valence electrons. The third-order valence-corrected chi connectivity index (χ3v) is 19.5. The summed E-state index contributed by atoms with van der Waals surface area (Å²) < 4.78 is 2.76. The van der Waals surface area contributed by atoms with E-state index in [0.717, 1.165) is 35.5 Å². The lowest BCUT2D eigenvalue weighted by atomic mass is 9.42. The van der Waals surface area contributed by atoms with E-state index in [1.807, 2.05) is 0 Å². The summed E-state index contributed by atoms with van der Waals surface area (Å²) in [5.74, 6) is 5.56. The van der Waals surface area contributed by atoms with Gasteiger partial charge >= 0.3 is 6.85 Å². The van der Waals surface area contributed by atoms with Crippen molar-refractivity contribution in [3.8, 4) is 27.9 Å². The van der Waals surface area contributed by atoms with Gasteiger partial charge in [-0.3, -0.25) is 0 Å². The average molecular weight is 827 g/mol. The predicted molar refractivity (Wildman–Crippen MR) is 267 cm³/mol. The van der Waals surface area contributed by atoms with E-state index >= 15 is 0 Å². The molecule has 4 atom stereocenters. The van der Waals surface area contributed by atoms with E-state index in [4.69, 9.17) is 0 Å². The monoisotopic (exact) mass is 826 g/mol. The van der Waals surface area contributed by atoms with E-state index in [1.54, 1.807) is 11.1 Å². The van der Waals surface area contributed by atoms with Crippen molar-refractivity contribution >= 4 is 61.7 Å². The van der Waals surface area contributed by atoms with Gasteiger partial charge < -0.3 is 9.38 Å². The topological polar surface area (TPSA) is 8.17 Å². The molecule has 1 aromatic heterocycles. The number of rotatable bonds is 4. The van der Waals surface area contributed by atoms with Gasteiger partial charge in [-0.05, 0) is 234 Å². The molecule has 3 heteroatoms. The highest BCUT2D eigenvalue weighted by Gasteiger charge is 2.54. The third kappa shape index (κ3) is 4.74. The van der Waals surface area contributed by atoms with Crippen molar-refractivity contribution in [3.63, 3.8) is 0 Å². The number of fused-ring (bicyclic) bond motifs is 10. The Morgan fingerprint density at radius 1 is 0.531 bits per heavy atom. The van der Waals surface area contributed by atoms with Crippen molar-refractivity contribution in [1.82, 2.24) is 4.57 Å². The molecule has 7 fully saturated rings. The zero-order valence-corrected chi connectivity index (χ0v) is 37.1. The molecule has 7 aliphatic carbocycles. The molecule has 7 saturated carbocycles. The van der Waals surface area contributed by atoms with E-state index in [9.17, 15) is 0 Å². The van der Waals surface area contributed by atoms with Gasteiger partial charge in [0.05, 0.1) is 11.0 Å². The van der Waals surface area contributed by atoms with E-state index in [-0.39, 0.29) is 12.3 Å². The van der Waals surface area contributed by atoms with Crippen molar-refractivity contribution in [3.05, 3.63) is 150 Å². The Balaban J connectivity index is 0.997. The lowest BCUT2D eigenvalue weighted by Gasteiger charge is -2.57. The van der Waals surface area contributed by atoms with Gasteiger partial charge in [-0.1, -0.05) is 84.9 Å². The molecule has 7 bridgehead atoms. The summed E-state index contributed by atoms with van der Waals surface area (Å²) in [6.07, 6.45) is 17.2. The molecule has 0 radical (unpaired) electrons. The van der Waals surface area contributed by atoms with Crippen molar-refractivity contribution < 1.29 is 0 Å². The molecule has 8 aromatic rings. The lowest BCUT2D eigenvalue weighted by molar-refractivity contribution is -0.00509. The van der Waals surface area contributed by atoms with Crippen LogP contribution in [0.1, 0.15) is 93.7 Å². The highest BCUT2D eigenvalue weighted by Crippen LogP contribution is 2.63. The van der Waals surface area contributed by atoms with Crippen LogP contribution >= 0.6 is 0 Å². The Labute approximate surface area is 377 Å². The smallest absolute Gasteiger partial charge is 0.333 e. The normalized spacial score (nSPS) is 29.9. The summed E-state index contributed by atoms with van der Waals surface area (Å²) in [5.41, 5.74) is 20.4. The highest BCUT2D eigenvalue weighted by atomic mass is 15.1. The Morgan fingerprint density at radius 2 is 1.22 bits per heavy atom. The largest absolute Gasteiger partial charge is 0.376 e. The molecule has 7 aromatic carbocycles. The molecule has 4 unspecified atom stereocenters. The molecule has 3 heterocycles. The standard InChI is InChI=1S/C61H55BN2/c1-36-19-52-50-26-43-9-5-6-10-44(43)27-56(50)64(49-14-11-42(12-15-49)41-7-3-2-4-8-41)62-54-30-48(61-32-37-21-38(33-61)23-39(22-37)34-61)29-53-51-28-47(60-18-17-45-24-40(31-60)25-46(45)35-60)13-16-55(51)63(59(53)54)57(20-36)58(52)62/h2-16,19-20,26-30,37-40,45-46H,17-18,21-25,31-35H2,1H3. The number of aryl methyl sites for hydroxylation is 1. The lowest BCUT2D eigenvalue weighted by Crippen LogP contribution is -2.61. The number of hydrogen-bond acceptors (Lipinski definition) is 1. The quantitative estimate of drug-likeness (QED) is 0.161. The first-order valence-electron chi connectivity index (χ1n) is 25.2. The van der Waals surface area contributed by atoms with Crippen LogP contribution in [0.2, 0.25) is 0 Å². The minimum Gasteiger partial charge on any atom is -0.376 e. The van der Waals surface area contributed by atoms with Crippen LogP contribution in [0.15, 0.2) is 133 Å². The van der Waals surface area contributed by atoms with Crippen LogP contribution in [0.5, 0.6) is 0 Å². The number of nitrogens with zero attached hydrogens (tertiary/aromatic N) is 2. The van der Waals surface area contributed by atoms with Crippen LogP contribution in [0.25, 0.3) is 60.5 Å². The zero-order valence-electron chi connectivity index (χ0n) is 37.1. The summed E-state index contributed by atoms with van der Waals surface area (Å²) >= 11 is 0. The summed E-state index contributed by atoms with van der Waals surface area (Å²) in [7, 11) is 0. The van der Waals surface area contributed by atoms with Crippen LogP contribution in [-0.2, 0) is 10.8 Å². The molecule has 0 N–H and O–H groups in total. The van der Waals surface area contributed by atoms with E-state index in [1.165, 1.54) is 165 Å². The zero-order chi connectivity index (χ0) is 41.6. The minimum absolute atomic E-state index is 0.0392. The summed E-state index contributed by atoms with van der Waals surface area (Å²) in [6.45, 7) is 2.37. The van der Waals surface area contributed by atoms with Crippen LogP contribution < -0.4 is 15.7 Å². The van der Waals surface area contributed by atoms with Gasteiger partial charge in [-0.2, -0.15) is 0 Å². The Bertz CT molecular complexity index is 3280. The van der Waals surface area contributed by atoms with Gasteiger partial charge in [-0.25, -0.2) is 0 Å². The van der Waals surface area contributed by atoms with Gasteiger partial charge in [-0.15, -0.1) is 0 Å². The first-order valence-corrected chi connectivity index (χ1v) is 25.2. The first-order chi connectivity index (χ1) is 31.4. The maximum absolute atomic E-state index is 2.80. The van der Waals surface area contributed by atoms with Crippen LogP contribution in [-0.4, -0.2) is 11.4 Å². The predicted octanol–water partition coefficient (Wildman–Crippen LogP) is 14.1. The Hall–Kier alpha value is -5.54. The van der Waals surface area contributed by atoms with E-state index in [2.05, 4.69) is 150 Å². The van der Waals surface area contributed by atoms with Crippen molar-refractivity contribution in [2.24, 2.45) is 35.5 Å². The van der Waals surface area contributed by atoms with Crippen molar-refractivity contribution in [2.45, 2.75) is 94.8 Å². The second-order valence-electron chi connectivity index (χ2n) is 23.0. The Kier molecular flexibility index (Phi) is 6.94. The van der Waals surface area contributed by atoms with Crippen LogP contribution in [0, 0.1) is 42.4 Å². The van der Waals surface area contributed by atoms with Gasteiger partial charge in [0.25, 0.3) is 0 Å². The van der Waals surface area contributed by atoms with Crippen molar-refractivity contribution in [1.29, 1.82) is 0 Å². The van der Waals surface area contributed by atoms with Gasteiger partial charge in [0.2, 0.25) is 0 Å².